The first-order chi connectivity index (χ1) is 9.13. The van der Waals surface area contributed by atoms with Gasteiger partial charge in [-0.3, -0.25) is 0 Å². The number of nitrogens with zero attached hydrogens (tertiary/aromatic N) is 2. The van der Waals surface area contributed by atoms with Gasteiger partial charge in [0, 0.05) is 19.3 Å². The minimum absolute atomic E-state index is 0.158. The maximum atomic E-state index is 5.88. The standard InChI is InChI=1S/C15H25N3O/c1-11(2)19-14-8-5-9-17-15(14)18(3)13-7-4-6-12(13)10-16/h5,8-9,11-13H,4,6-7,10,16H2,1-3H3. The molecule has 4 nitrogen and oxygen atoms in total. The highest BCUT2D eigenvalue weighted by Crippen LogP contribution is 2.34. The third-order valence-corrected chi connectivity index (χ3v) is 3.87. The molecule has 2 N–H and O–H groups in total. The number of hydrogen-bond donors (Lipinski definition) is 1. The van der Waals surface area contributed by atoms with Crippen LogP contribution in [0.4, 0.5) is 5.82 Å². The molecule has 1 aromatic heterocycles. The molecule has 1 aromatic rings. The van der Waals surface area contributed by atoms with Crippen molar-refractivity contribution in [3.63, 3.8) is 0 Å². The lowest BCUT2D eigenvalue weighted by molar-refractivity contribution is 0.241. The smallest absolute Gasteiger partial charge is 0.171 e. The fraction of sp³-hybridized carbons (Fsp3) is 0.667. The summed E-state index contributed by atoms with van der Waals surface area (Å²) in [4.78, 5) is 6.76. The average Bonchev–Trinajstić information content (AvgIpc) is 2.86. The highest BCUT2D eigenvalue weighted by molar-refractivity contribution is 5.52. The topological polar surface area (TPSA) is 51.4 Å². The molecule has 0 bridgehead atoms. The third kappa shape index (κ3) is 3.18. The van der Waals surface area contributed by atoms with Gasteiger partial charge in [-0.2, -0.15) is 0 Å². The average molecular weight is 263 g/mol. The van der Waals surface area contributed by atoms with Gasteiger partial charge in [-0.1, -0.05) is 6.42 Å². The van der Waals surface area contributed by atoms with E-state index in [0.717, 1.165) is 18.1 Å². The summed E-state index contributed by atoms with van der Waals surface area (Å²) in [5.74, 6) is 2.36. The van der Waals surface area contributed by atoms with Crippen molar-refractivity contribution in [2.75, 3.05) is 18.5 Å². The van der Waals surface area contributed by atoms with E-state index in [4.69, 9.17) is 10.5 Å². The predicted octanol–water partition coefficient (Wildman–Crippen LogP) is 2.43. The Balaban J connectivity index is 2.20. The second-order valence-corrected chi connectivity index (χ2v) is 5.60. The lowest BCUT2D eigenvalue weighted by atomic mass is 10.0. The molecule has 4 heteroatoms. The fourth-order valence-electron chi connectivity index (χ4n) is 2.95. The summed E-state index contributed by atoms with van der Waals surface area (Å²) in [5, 5.41) is 0. The number of hydrogen-bond acceptors (Lipinski definition) is 4. The van der Waals surface area contributed by atoms with E-state index in [1.807, 2.05) is 32.2 Å². The Morgan fingerprint density at radius 2 is 2.26 bits per heavy atom. The number of nitrogens with two attached hydrogens (primary N) is 1. The summed E-state index contributed by atoms with van der Waals surface area (Å²) in [6.07, 6.45) is 5.65. The normalized spacial score (nSPS) is 22.8. The van der Waals surface area contributed by atoms with Crippen LogP contribution in [0.15, 0.2) is 18.3 Å². The van der Waals surface area contributed by atoms with Crippen LogP contribution in [0.3, 0.4) is 0 Å². The zero-order valence-corrected chi connectivity index (χ0v) is 12.2. The van der Waals surface area contributed by atoms with Crippen molar-refractivity contribution < 1.29 is 4.74 Å². The summed E-state index contributed by atoms with van der Waals surface area (Å²) in [7, 11) is 2.11. The largest absolute Gasteiger partial charge is 0.487 e. The van der Waals surface area contributed by atoms with Crippen LogP contribution in [0, 0.1) is 5.92 Å². The van der Waals surface area contributed by atoms with Gasteiger partial charge in [-0.05, 0) is 51.3 Å². The van der Waals surface area contributed by atoms with Gasteiger partial charge >= 0.3 is 0 Å². The van der Waals surface area contributed by atoms with E-state index in [1.54, 1.807) is 0 Å². The van der Waals surface area contributed by atoms with Crippen LogP contribution < -0.4 is 15.4 Å². The lowest BCUT2D eigenvalue weighted by Gasteiger charge is -2.31. The molecule has 0 radical (unpaired) electrons. The minimum atomic E-state index is 0.158. The second-order valence-electron chi connectivity index (χ2n) is 5.60. The van der Waals surface area contributed by atoms with Crippen LogP contribution in [-0.2, 0) is 0 Å². The predicted molar refractivity (Wildman–Crippen MR) is 78.6 cm³/mol. The van der Waals surface area contributed by atoms with Gasteiger partial charge in [-0.25, -0.2) is 4.98 Å². The Kier molecular flexibility index (Phi) is 4.64. The molecular weight excluding hydrogens is 238 g/mol. The van der Waals surface area contributed by atoms with Crippen LogP contribution >= 0.6 is 0 Å². The van der Waals surface area contributed by atoms with Crippen LogP contribution in [0.5, 0.6) is 5.75 Å². The number of anilines is 1. The maximum absolute atomic E-state index is 5.88. The molecule has 0 amide bonds. The summed E-state index contributed by atoms with van der Waals surface area (Å²) in [5.41, 5.74) is 5.88. The van der Waals surface area contributed by atoms with Gasteiger partial charge in [0.15, 0.2) is 11.6 Å². The first kappa shape index (κ1) is 14.1. The van der Waals surface area contributed by atoms with Gasteiger partial charge in [0.1, 0.15) is 0 Å². The van der Waals surface area contributed by atoms with E-state index in [2.05, 4.69) is 16.9 Å². The molecule has 1 aliphatic rings. The van der Waals surface area contributed by atoms with Gasteiger partial charge in [0.05, 0.1) is 6.10 Å². The summed E-state index contributed by atoms with van der Waals surface area (Å²) in [6, 6.07) is 4.39. The molecule has 0 aromatic carbocycles. The molecule has 1 heterocycles. The Morgan fingerprint density at radius 3 is 2.95 bits per heavy atom. The van der Waals surface area contributed by atoms with Gasteiger partial charge in [0.25, 0.3) is 0 Å². The Labute approximate surface area is 116 Å². The van der Waals surface area contributed by atoms with Gasteiger partial charge in [0.2, 0.25) is 0 Å². The van der Waals surface area contributed by atoms with E-state index in [9.17, 15) is 0 Å². The van der Waals surface area contributed by atoms with E-state index >= 15 is 0 Å². The molecule has 2 atom stereocenters. The fourth-order valence-corrected chi connectivity index (χ4v) is 2.95. The summed E-state index contributed by atoms with van der Waals surface area (Å²) in [6.45, 7) is 4.83. The summed E-state index contributed by atoms with van der Waals surface area (Å²) >= 11 is 0. The highest BCUT2D eigenvalue weighted by Gasteiger charge is 2.31. The SMILES string of the molecule is CC(C)Oc1cccnc1N(C)C1CCCC1CN. The molecule has 1 aliphatic carbocycles. The van der Waals surface area contributed by atoms with Crippen molar-refractivity contribution in [2.45, 2.75) is 45.3 Å². The number of aromatic nitrogens is 1. The number of pyridine rings is 1. The quantitative estimate of drug-likeness (QED) is 0.886. The van der Waals surface area contributed by atoms with Crippen molar-refractivity contribution in [2.24, 2.45) is 11.7 Å². The maximum Gasteiger partial charge on any atom is 0.171 e. The van der Waals surface area contributed by atoms with E-state index in [0.29, 0.717) is 12.0 Å². The minimum Gasteiger partial charge on any atom is -0.487 e. The first-order valence-electron chi connectivity index (χ1n) is 7.18. The van der Waals surface area contributed by atoms with Crippen LogP contribution in [-0.4, -0.2) is 30.7 Å². The number of ether oxygens (including phenoxy) is 1. The molecular formula is C15H25N3O. The van der Waals surface area contributed by atoms with Crippen molar-refractivity contribution >= 4 is 5.82 Å². The summed E-state index contributed by atoms with van der Waals surface area (Å²) < 4.78 is 5.86. The zero-order chi connectivity index (χ0) is 13.8. The van der Waals surface area contributed by atoms with E-state index in [-0.39, 0.29) is 6.10 Å². The van der Waals surface area contributed by atoms with E-state index in [1.165, 1.54) is 19.3 Å². The highest BCUT2D eigenvalue weighted by atomic mass is 16.5. The Morgan fingerprint density at radius 1 is 1.47 bits per heavy atom. The van der Waals surface area contributed by atoms with Gasteiger partial charge < -0.3 is 15.4 Å². The van der Waals surface area contributed by atoms with E-state index < -0.39 is 0 Å². The van der Waals surface area contributed by atoms with Crippen molar-refractivity contribution in [1.29, 1.82) is 0 Å². The zero-order valence-electron chi connectivity index (χ0n) is 12.2. The van der Waals surface area contributed by atoms with Crippen molar-refractivity contribution in [3.8, 4) is 5.75 Å². The first-order valence-corrected chi connectivity index (χ1v) is 7.18. The Hall–Kier alpha value is -1.29. The molecule has 2 unspecified atom stereocenters. The van der Waals surface area contributed by atoms with Crippen molar-refractivity contribution in [3.05, 3.63) is 18.3 Å². The molecule has 0 spiro atoms. The lowest BCUT2D eigenvalue weighted by Crippen LogP contribution is -2.38. The number of rotatable bonds is 5. The molecule has 19 heavy (non-hydrogen) atoms. The third-order valence-electron chi connectivity index (χ3n) is 3.87. The molecule has 1 fully saturated rings. The molecule has 0 saturated heterocycles. The second kappa shape index (κ2) is 6.24. The van der Waals surface area contributed by atoms with Gasteiger partial charge in [-0.15, -0.1) is 0 Å². The molecule has 106 valence electrons. The van der Waals surface area contributed by atoms with Crippen LogP contribution in [0.2, 0.25) is 0 Å². The van der Waals surface area contributed by atoms with Crippen molar-refractivity contribution in [1.82, 2.24) is 4.98 Å². The van der Waals surface area contributed by atoms with Crippen LogP contribution in [0.1, 0.15) is 33.1 Å². The monoisotopic (exact) mass is 263 g/mol. The van der Waals surface area contributed by atoms with Crippen LogP contribution in [0.25, 0.3) is 0 Å². The molecule has 0 aliphatic heterocycles. The molecule has 1 saturated carbocycles. The Bertz CT molecular complexity index is 408. The molecule has 2 rings (SSSR count).